The van der Waals surface area contributed by atoms with Crippen molar-refractivity contribution in [2.45, 2.75) is 24.9 Å². The highest BCUT2D eigenvalue weighted by molar-refractivity contribution is 5.82. The maximum atomic E-state index is 13.1. The molecule has 0 saturated carbocycles. The number of anilines is 1. The van der Waals surface area contributed by atoms with Crippen LogP contribution in [0.5, 0.6) is 0 Å². The van der Waals surface area contributed by atoms with Crippen LogP contribution in [-0.4, -0.2) is 55.7 Å². The zero-order valence-corrected chi connectivity index (χ0v) is 12.7. The van der Waals surface area contributed by atoms with Gasteiger partial charge in [0.25, 0.3) is 5.92 Å². The SMILES string of the molecule is O=C(NCc1ccnc(N2CCOCC2)c1)C1CC(F)(F)CN1. The fourth-order valence-electron chi connectivity index (χ4n) is 2.75. The number of nitrogens with one attached hydrogen (secondary N) is 2. The molecule has 0 aromatic carbocycles. The first kappa shape index (κ1) is 16.1. The molecule has 3 rings (SSSR count). The normalized spacial score (nSPS) is 23.7. The highest BCUT2D eigenvalue weighted by Crippen LogP contribution is 2.25. The van der Waals surface area contributed by atoms with Crippen molar-refractivity contribution < 1.29 is 18.3 Å². The smallest absolute Gasteiger partial charge is 0.262 e. The Hall–Kier alpha value is -1.80. The molecule has 2 fully saturated rings. The van der Waals surface area contributed by atoms with Gasteiger partial charge >= 0.3 is 0 Å². The Morgan fingerprint density at radius 1 is 1.48 bits per heavy atom. The Kier molecular flexibility index (Phi) is 4.72. The zero-order chi connectivity index (χ0) is 16.3. The van der Waals surface area contributed by atoms with Crippen molar-refractivity contribution in [3.05, 3.63) is 23.9 Å². The van der Waals surface area contributed by atoms with Crippen molar-refractivity contribution in [2.24, 2.45) is 0 Å². The van der Waals surface area contributed by atoms with Gasteiger partial charge in [0.1, 0.15) is 5.82 Å². The van der Waals surface area contributed by atoms with E-state index >= 15 is 0 Å². The van der Waals surface area contributed by atoms with E-state index in [1.165, 1.54) is 0 Å². The second-order valence-electron chi connectivity index (χ2n) is 5.83. The van der Waals surface area contributed by atoms with E-state index in [0.717, 1.165) is 24.5 Å². The molecule has 6 nitrogen and oxygen atoms in total. The molecule has 2 aliphatic rings. The minimum absolute atomic E-state index is 0.294. The van der Waals surface area contributed by atoms with Crippen LogP contribution >= 0.6 is 0 Å². The lowest BCUT2D eigenvalue weighted by Gasteiger charge is -2.28. The van der Waals surface area contributed by atoms with Gasteiger partial charge in [-0.15, -0.1) is 0 Å². The van der Waals surface area contributed by atoms with Gasteiger partial charge in [0.15, 0.2) is 0 Å². The van der Waals surface area contributed by atoms with Gasteiger partial charge in [0, 0.05) is 32.3 Å². The fourth-order valence-corrected chi connectivity index (χ4v) is 2.75. The molecule has 1 amide bonds. The lowest BCUT2D eigenvalue weighted by molar-refractivity contribution is -0.123. The molecule has 1 aromatic rings. The number of rotatable bonds is 4. The van der Waals surface area contributed by atoms with E-state index in [-0.39, 0.29) is 0 Å². The van der Waals surface area contributed by atoms with Crippen LogP contribution in [0.3, 0.4) is 0 Å². The van der Waals surface area contributed by atoms with Crippen molar-refractivity contribution in [3.63, 3.8) is 0 Å². The molecule has 0 radical (unpaired) electrons. The highest BCUT2D eigenvalue weighted by atomic mass is 19.3. The Bertz CT molecular complexity index is 564. The van der Waals surface area contributed by atoms with Gasteiger partial charge in [-0.2, -0.15) is 0 Å². The summed E-state index contributed by atoms with van der Waals surface area (Å²) in [5.41, 5.74) is 0.889. The number of pyridine rings is 1. The standard InChI is InChI=1S/C15H20F2N4O2/c16-15(17)8-12(20-10-15)14(22)19-9-11-1-2-18-13(7-11)21-3-5-23-6-4-21/h1-2,7,12,20H,3-6,8-10H2,(H,19,22). The van der Waals surface area contributed by atoms with Crippen LogP contribution in [0.2, 0.25) is 0 Å². The van der Waals surface area contributed by atoms with Crippen LogP contribution in [0.4, 0.5) is 14.6 Å². The average Bonchev–Trinajstić information content (AvgIpc) is 2.94. The van der Waals surface area contributed by atoms with Gasteiger partial charge < -0.3 is 15.0 Å². The van der Waals surface area contributed by atoms with Crippen LogP contribution in [0.1, 0.15) is 12.0 Å². The second kappa shape index (κ2) is 6.76. The lowest BCUT2D eigenvalue weighted by Crippen LogP contribution is -2.40. The Balaban J connectivity index is 1.55. The second-order valence-corrected chi connectivity index (χ2v) is 5.83. The molecular formula is C15H20F2N4O2. The average molecular weight is 326 g/mol. The molecule has 0 spiro atoms. The molecule has 3 heterocycles. The van der Waals surface area contributed by atoms with Crippen molar-refractivity contribution >= 4 is 11.7 Å². The third kappa shape index (κ3) is 4.14. The molecule has 0 bridgehead atoms. The van der Waals surface area contributed by atoms with Crippen LogP contribution < -0.4 is 15.5 Å². The number of hydrogen-bond acceptors (Lipinski definition) is 5. The highest BCUT2D eigenvalue weighted by Gasteiger charge is 2.42. The fraction of sp³-hybridized carbons (Fsp3) is 0.600. The molecule has 23 heavy (non-hydrogen) atoms. The number of carbonyl (C=O) groups is 1. The molecule has 1 aromatic heterocycles. The summed E-state index contributed by atoms with van der Waals surface area (Å²) < 4.78 is 31.5. The van der Waals surface area contributed by atoms with Gasteiger partial charge in [-0.25, -0.2) is 13.8 Å². The Morgan fingerprint density at radius 3 is 2.96 bits per heavy atom. The molecule has 0 aliphatic carbocycles. The number of hydrogen-bond donors (Lipinski definition) is 2. The Labute approximate surface area is 133 Å². The summed E-state index contributed by atoms with van der Waals surface area (Å²) in [6.07, 6.45) is 1.24. The molecule has 2 saturated heterocycles. The third-order valence-electron chi connectivity index (χ3n) is 4.04. The summed E-state index contributed by atoms with van der Waals surface area (Å²) in [6, 6.07) is 2.88. The largest absolute Gasteiger partial charge is 0.378 e. The molecule has 2 N–H and O–H groups in total. The van der Waals surface area contributed by atoms with Gasteiger partial charge in [0.2, 0.25) is 5.91 Å². The predicted octanol–water partition coefficient (Wildman–Crippen LogP) is 0.532. The quantitative estimate of drug-likeness (QED) is 0.845. The van der Waals surface area contributed by atoms with Gasteiger partial charge in [-0.3, -0.25) is 10.1 Å². The van der Waals surface area contributed by atoms with Crippen LogP contribution in [0, 0.1) is 0 Å². The molecule has 1 atom stereocenters. The van der Waals surface area contributed by atoms with Crippen molar-refractivity contribution in [1.82, 2.24) is 15.6 Å². The number of nitrogens with zero attached hydrogens (tertiary/aromatic N) is 2. The number of morpholine rings is 1. The maximum Gasteiger partial charge on any atom is 0.262 e. The summed E-state index contributed by atoms with van der Waals surface area (Å²) in [5, 5.41) is 5.25. The van der Waals surface area contributed by atoms with Gasteiger partial charge in [-0.1, -0.05) is 0 Å². The summed E-state index contributed by atoms with van der Waals surface area (Å²) in [6.45, 7) is 2.76. The summed E-state index contributed by atoms with van der Waals surface area (Å²) in [5.74, 6) is -2.36. The minimum atomic E-state index is -2.80. The summed E-state index contributed by atoms with van der Waals surface area (Å²) in [7, 11) is 0. The molecule has 2 aliphatic heterocycles. The van der Waals surface area contributed by atoms with E-state index in [9.17, 15) is 13.6 Å². The summed E-state index contributed by atoms with van der Waals surface area (Å²) in [4.78, 5) is 18.4. The van der Waals surface area contributed by atoms with Crippen LogP contribution in [0.15, 0.2) is 18.3 Å². The minimum Gasteiger partial charge on any atom is -0.378 e. The number of carbonyl (C=O) groups excluding carboxylic acids is 1. The first-order valence-corrected chi connectivity index (χ1v) is 7.70. The van der Waals surface area contributed by atoms with Gasteiger partial charge in [-0.05, 0) is 17.7 Å². The van der Waals surface area contributed by atoms with E-state index < -0.39 is 30.8 Å². The zero-order valence-electron chi connectivity index (χ0n) is 12.7. The van der Waals surface area contributed by atoms with Gasteiger partial charge in [0.05, 0.1) is 25.8 Å². The molecule has 1 unspecified atom stereocenters. The van der Waals surface area contributed by atoms with Crippen LogP contribution in [-0.2, 0) is 16.1 Å². The maximum absolute atomic E-state index is 13.1. The van der Waals surface area contributed by atoms with Crippen LogP contribution in [0.25, 0.3) is 0 Å². The van der Waals surface area contributed by atoms with E-state index in [0.29, 0.717) is 19.8 Å². The Morgan fingerprint density at radius 2 is 2.26 bits per heavy atom. The molecular weight excluding hydrogens is 306 g/mol. The number of ether oxygens (including phenoxy) is 1. The number of halogens is 2. The van der Waals surface area contributed by atoms with Crippen molar-refractivity contribution in [2.75, 3.05) is 37.7 Å². The summed E-state index contributed by atoms with van der Waals surface area (Å²) >= 11 is 0. The molecule has 8 heteroatoms. The number of alkyl halides is 2. The topological polar surface area (TPSA) is 66.5 Å². The first-order chi connectivity index (χ1) is 11.0. The van der Waals surface area contributed by atoms with E-state index in [2.05, 4.69) is 20.5 Å². The third-order valence-corrected chi connectivity index (χ3v) is 4.04. The van der Waals surface area contributed by atoms with E-state index in [4.69, 9.17) is 4.74 Å². The first-order valence-electron chi connectivity index (χ1n) is 7.70. The van der Waals surface area contributed by atoms with E-state index in [1.807, 2.05) is 6.07 Å². The predicted molar refractivity (Wildman–Crippen MR) is 80.5 cm³/mol. The number of aromatic nitrogens is 1. The van der Waals surface area contributed by atoms with Crippen molar-refractivity contribution in [3.8, 4) is 0 Å². The monoisotopic (exact) mass is 326 g/mol. The van der Waals surface area contributed by atoms with E-state index in [1.54, 1.807) is 12.3 Å². The number of amides is 1. The lowest BCUT2D eigenvalue weighted by atomic mass is 10.1. The molecule has 126 valence electrons. The van der Waals surface area contributed by atoms with Crippen molar-refractivity contribution in [1.29, 1.82) is 0 Å².